The van der Waals surface area contributed by atoms with Crippen molar-refractivity contribution in [3.63, 3.8) is 0 Å². The van der Waals surface area contributed by atoms with Gasteiger partial charge in [0.1, 0.15) is 5.82 Å². The quantitative estimate of drug-likeness (QED) is 0.841. The second-order valence-electron chi connectivity index (χ2n) is 4.57. The molecule has 0 heterocycles. The molecule has 0 aromatic heterocycles. The molecule has 1 aliphatic rings. The Bertz CT molecular complexity index is 348. The van der Waals surface area contributed by atoms with E-state index >= 15 is 0 Å². The number of hydrogen-bond donors (Lipinski definition) is 1. The van der Waals surface area contributed by atoms with Crippen molar-refractivity contribution in [2.45, 2.75) is 38.6 Å². The van der Waals surface area contributed by atoms with Crippen molar-refractivity contribution in [2.75, 3.05) is 0 Å². The van der Waals surface area contributed by atoms with Crippen LogP contribution in [0.5, 0.6) is 0 Å². The Morgan fingerprint density at radius 1 is 1.31 bits per heavy atom. The lowest BCUT2D eigenvalue weighted by atomic mass is 9.90. The van der Waals surface area contributed by atoms with Crippen molar-refractivity contribution in [1.82, 2.24) is 0 Å². The Balaban J connectivity index is 0.00000128. The van der Waals surface area contributed by atoms with Gasteiger partial charge in [-0.3, -0.25) is 0 Å². The van der Waals surface area contributed by atoms with Crippen LogP contribution < -0.4 is 5.73 Å². The van der Waals surface area contributed by atoms with Crippen LogP contribution in [0.25, 0.3) is 0 Å². The fraction of sp³-hybridized carbons (Fsp3) is 0.538. The summed E-state index contributed by atoms with van der Waals surface area (Å²) in [6.07, 6.45) is 5.02. The third kappa shape index (κ3) is 2.74. The molecule has 1 aliphatic carbocycles. The number of benzene rings is 1. The number of aryl methyl sites for hydroxylation is 1. The fourth-order valence-corrected chi connectivity index (χ4v) is 2.58. The summed E-state index contributed by atoms with van der Waals surface area (Å²) in [6, 6.07) is 5.02. The van der Waals surface area contributed by atoms with Gasteiger partial charge in [-0.2, -0.15) is 0 Å². The first-order valence-electron chi connectivity index (χ1n) is 5.70. The van der Waals surface area contributed by atoms with Gasteiger partial charge in [-0.05, 0) is 48.9 Å². The lowest BCUT2D eigenvalue weighted by Gasteiger charge is -2.21. The summed E-state index contributed by atoms with van der Waals surface area (Å²) in [7, 11) is 0. The third-order valence-corrected chi connectivity index (χ3v) is 3.50. The van der Waals surface area contributed by atoms with Crippen LogP contribution in [0.1, 0.15) is 42.9 Å². The second-order valence-corrected chi connectivity index (χ2v) is 4.57. The minimum atomic E-state index is -0.171. The van der Waals surface area contributed by atoms with E-state index in [1.807, 2.05) is 13.0 Å². The van der Waals surface area contributed by atoms with Gasteiger partial charge in [0.05, 0.1) is 0 Å². The standard InChI is InChI=1S/C13H18FN.ClH/c1-9-8-11(14)6-7-12(9)13(15)10-4-2-3-5-10;/h6-8,10,13H,2-5,15H2,1H3;1H/t13-;/m1./s1. The van der Waals surface area contributed by atoms with Crippen LogP contribution in [-0.2, 0) is 0 Å². The lowest BCUT2D eigenvalue weighted by Crippen LogP contribution is -2.20. The van der Waals surface area contributed by atoms with Gasteiger partial charge in [-0.15, -0.1) is 12.4 Å². The van der Waals surface area contributed by atoms with Crippen LogP contribution in [0.4, 0.5) is 4.39 Å². The van der Waals surface area contributed by atoms with Gasteiger partial charge in [0.2, 0.25) is 0 Å². The first kappa shape index (κ1) is 13.5. The monoisotopic (exact) mass is 243 g/mol. The number of nitrogens with two attached hydrogens (primary N) is 1. The Morgan fingerprint density at radius 2 is 1.94 bits per heavy atom. The molecule has 3 heteroatoms. The maximum atomic E-state index is 12.9. The Morgan fingerprint density at radius 3 is 2.50 bits per heavy atom. The molecule has 0 aliphatic heterocycles. The fourth-order valence-electron chi connectivity index (χ4n) is 2.58. The molecule has 0 unspecified atom stereocenters. The molecule has 90 valence electrons. The Hall–Kier alpha value is -0.600. The van der Waals surface area contributed by atoms with Gasteiger partial charge < -0.3 is 5.73 Å². The first-order valence-corrected chi connectivity index (χ1v) is 5.70. The minimum Gasteiger partial charge on any atom is -0.324 e. The molecule has 1 saturated carbocycles. The van der Waals surface area contributed by atoms with E-state index in [-0.39, 0.29) is 24.3 Å². The van der Waals surface area contributed by atoms with E-state index in [4.69, 9.17) is 5.73 Å². The molecule has 0 bridgehead atoms. The molecule has 1 fully saturated rings. The zero-order chi connectivity index (χ0) is 10.8. The molecule has 1 nitrogen and oxygen atoms in total. The molecule has 0 amide bonds. The zero-order valence-corrected chi connectivity index (χ0v) is 10.4. The molecule has 2 rings (SSSR count). The maximum Gasteiger partial charge on any atom is 0.123 e. The summed E-state index contributed by atoms with van der Waals surface area (Å²) in [5.41, 5.74) is 8.32. The van der Waals surface area contributed by atoms with Crippen molar-refractivity contribution in [3.8, 4) is 0 Å². The highest BCUT2D eigenvalue weighted by Gasteiger charge is 2.24. The molecule has 0 saturated heterocycles. The highest BCUT2D eigenvalue weighted by molar-refractivity contribution is 5.85. The van der Waals surface area contributed by atoms with Crippen LogP contribution in [-0.4, -0.2) is 0 Å². The van der Waals surface area contributed by atoms with E-state index in [0.717, 1.165) is 11.1 Å². The third-order valence-electron chi connectivity index (χ3n) is 3.50. The highest BCUT2D eigenvalue weighted by Crippen LogP contribution is 2.35. The predicted molar refractivity (Wildman–Crippen MR) is 67.3 cm³/mol. The van der Waals surface area contributed by atoms with Crippen molar-refractivity contribution in [3.05, 3.63) is 35.1 Å². The van der Waals surface area contributed by atoms with Crippen molar-refractivity contribution >= 4 is 12.4 Å². The minimum absolute atomic E-state index is 0. The van der Waals surface area contributed by atoms with Crippen LogP contribution in [0.2, 0.25) is 0 Å². The van der Waals surface area contributed by atoms with Gasteiger partial charge in [0.15, 0.2) is 0 Å². The first-order chi connectivity index (χ1) is 7.18. The number of rotatable bonds is 2. The predicted octanol–water partition coefficient (Wildman–Crippen LogP) is 3.75. The van der Waals surface area contributed by atoms with E-state index < -0.39 is 0 Å². The lowest BCUT2D eigenvalue weighted by molar-refractivity contribution is 0.443. The van der Waals surface area contributed by atoms with Crippen molar-refractivity contribution in [1.29, 1.82) is 0 Å². The summed E-state index contributed by atoms with van der Waals surface area (Å²) < 4.78 is 12.9. The molecule has 2 N–H and O–H groups in total. The van der Waals surface area contributed by atoms with Gasteiger partial charge in [0.25, 0.3) is 0 Å². The van der Waals surface area contributed by atoms with Crippen molar-refractivity contribution < 1.29 is 4.39 Å². The average Bonchev–Trinajstić information content (AvgIpc) is 2.69. The maximum absolute atomic E-state index is 12.9. The van der Waals surface area contributed by atoms with E-state index in [1.54, 1.807) is 6.07 Å². The average molecular weight is 244 g/mol. The van der Waals surface area contributed by atoms with Crippen LogP contribution >= 0.6 is 12.4 Å². The number of hydrogen-bond acceptors (Lipinski definition) is 1. The van der Waals surface area contributed by atoms with Gasteiger partial charge in [-0.25, -0.2) is 4.39 Å². The summed E-state index contributed by atoms with van der Waals surface area (Å²) in [5.74, 6) is 0.420. The van der Waals surface area contributed by atoms with E-state index in [2.05, 4.69) is 0 Å². The largest absolute Gasteiger partial charge is 0.324 e. The molecule has 0 radical (unpaired) electrons. The van der Waals surface area contributed by atoms with Crippen LogP contribution in [0.15, 0.2) is 18.2 Å². The highest BCUT2D eigenvalue weighted by atomic mass is 35.5. The van der Waals surface area contributed by atoms with E-state index in [9.17, 15) is 4.39 Å². The van der Waals surface area contributed by atoms with E-state index in [0.29, 0.717) is 5.92 Å². The van der Waals surface area contributed by atoms with Crippen LogP contribution in [0, 0.1) is 18.7 Å². The van der Waals surface area contributed by atoms with Gasteiger partial charge in [-0.1, -0.05) is 18.9 Å². The number of halogens is 2. The molecule has 1 aromatic carbocycles. The van der Waals surface area contributed by atoms with Gasteiger partial charge >= 0.3 is 0 Å². The van der Waals surface area contributed by atoms with Gasteiger partial charge in [0, 0.05) is 6.04 Å². The SMILES string of the molecule is Cc1cc(F)ccc1[C@H](N)C1CCCC1.Cl. The smallest absolute Gasteiger partial charge is 0.123 e. The normalized spacial score (nSPS) is 18.2. The molecule has 0 spiro atoms. The Kier molecular flexibility index (Phi) is 4.75. The Labute approximate surface area is 103 Å². The summed E-state index contributed by atoms with van der Waals surface area (Å²) in [5, 5.41) is 0. The summed E-state index contributed by atoms with van der Waals surface area (Å²) >= 11 is 0. The molecule has 1 aromatic rings. The molecule has 1 atom stereocenters. The second kappa shape index (κ2) is 5.65. The van der Waals surface area contributed by atoms with E-state index in [1.165, 1.54) is 31.7 Å². The summed E-state index contributed by atoms with van der Waals surface area (Å²) in [6.45, 7) is 1.94. The zero-order valence-electron chi connectivity index (χ0n) is 9.58. The molecular weight excluding hydrogens is 225 g/mol. The summed E-state index contributed by atoms with van der Waals surface area (Å²) in [4.78, 5) is 0. The molecular formula is C13H19ClFN. The van der Waals surface area contributed by atoms with Crippen LogP contribution in [0.3, 0.4) is 0 Å². The molecule has 16 heavy (non-hydrogen) atoms. The van der Waals surface area contributed by atoms with Crippen molar-refractivity contribution in [2.24, 2.45) is 11.7 Å². The topological polar surface area (TPSA) is 26.0 Å².